The average molecular weight is 252 g/mol. The van der Waals surface area contributed by atoms with Crippen LogP contribution in [0.15, 0.2) is 24.3 Å². The van der Waals surface area contributed by atoms with Gasteiger partial charge < -0.3 is 21.3 Å². The first-order valence-electron chi connectivity index (χ1n) is 5.45. The van der Waals surface area contributed by atoms with Crippen molar-refractivity contribution in [3.63, 3.8) is 0 Å². The normalized spacial score (nSPS) is 13.7. The van der Waals surface area contributed by atoms with Gasteiger partial charge in [0.1, 0.15) is 0 Å². The summed E-state index contributed by atoms with van der Waals surface area (Å²) in [6.07, 6.45) is -1.14. The Morgan fingerprint density at radius 1 is 1.44 bits per heavy atom. The highest BCUT2D eigenvalue weighted by atomic mass is 16.4. The highest BCUT2D eigenvalue weighted by Crippen LogP contribution is 2.07. The Balaban J connectivity index is 2.63. The molecule has 0 saturated heterocycles. The first kappa shape index (κ1) is 14.0. The molecule has 0 spiro atoms. The van der Waals surface area contributed by atoms with E-state index in [9.17, 15) is 14.7 Å². The molecule has 1 aromatic carbocycles. The van der Waals surface area contributed by atoms with Gasteiger partial charge in [-0.15, -0.1) is 0 Å². The van der Waals surface area contributed by atoms with Gasteiger partial charge in [-0.05, 0) is 24.6 Å². The van der Waals surface area contributed by atoms with Crippen molar-refractivity contribution >= 4 is 17.6 Å². The van der Waals surface area contributed by atoms with Gasteiger partial charge in [-0.25, -0.2) is 4.79 Å². The topological polar surface area (TPSA) is 113 Å². The standard InChI is InChI=1S/C12H16N2O4/c1-7(15)11(12(17)18)14-10(16)6-8-3-2-4-9(13)5-8/h2-5,7,11,15H,6,13H2,1H3,(H,14,16)(H,17,18). The van der Waals surface area contributed by atoms with E-state index in [1.54, 1.807) is 24.3 Å². The van der Waals surface area contributed by atoms with Crippen molar-refractivity contribution in [3.05, 3.63) is 29.8 Å². The summed E-state index contributed by atoms with van der Waals surface area (Å²) < 4.78 is 0. The maximum absolute atomic E-state index is 11.6. The number of nitrogen functional groups attached to an aromatic ring is 1. The Kier molecular flexibility index (Phi) is 4.67. The molecule has 2 atom stereocenters. The van der Waals surface area contributed by atoms with Crippen molar-refractivity contribution in [3.8, 4) is 0 Å². The minimum absolute atomic E-state index is 0.0154. The lowest BCUT2D eigenvalue weighted by Crippen LogP contribution is -2.48. The van der Waals surface area contributed by atoms with E-state index in [2.05, 4.69) is 5.32 Å². The number of aliphatic carboxylic acids is 1. The Morgan fingerprint density at radius 3 is 2.61 bits per heavy atom. The first-order chi connectivity index (χ1) is 8.40. The van der Waals surface area contributed by atoms with Crippen LogP contribution in [0.3, 0.4) is 0 Å². The largest absolute Gasteiger partial charge is 0.480 e. The fourth-order valence-electron chi connectivity index (χ4n) is 1.50. The summed E-state index contributed by atoms with van der Waals surface area (Å²) in [7, 11) is 0. The molecule has 0 saturated carbocycles. The third kappa shape index (κ3) is 4.06. The zero-order valence-corrected chi connectivity index (χ0v) is 9.96. The van der Waals surface area contributed by atoms with Gasteiger partial charge in [-0.3, -0.25) is 4.79 Å². The van der Waals surface area contributed by atoms with Crippen molar-refractivity contribution in [2.75, 3.05) is 5.73 Å². The number of rotatable bonds is 5. The predicted octanol–water partition coefficient (Wildman–Crippen LogP) is -0.239. The molecule has 0 aliphatic heterocycles. The summed E-state index contributed by atoms with van der Waals surface area (Å²) >= 11 is 0. The highest BCUT2D eigenvalue weighted by Gasteiger charge is 2.24. The quantitative estimate of drug-likeness (QED) is 0.540. The molecule has 6 nitrogen and oxygen atoms in total. The molecule has 0 bridgehead atoms. The second-order valence-electron chi connectivity index (χ2n) is 4.05. The number of hydrogen-bond donors (Lipinski definition) is 4. The number of aliphatic hydroxyl groups is 1. The summed E-state index contributed by atoms with van der Waals surface area (Å²) in [6, 6.07) is 5.45. The summed E-state index contributed by atoms with van der Waals surface area (Å²) in [5, 5.41) is 20.3. The van der Waals surface area contributed by atoms with Crippen molar-refractivity contribution < 1.29 is 19.8 Å². The summed E-state index contributed by atoms with van der Waals surface area (Å²) in [4.78, 5) is 22.4. The first-order valence-corrected chi connectivity index (χ1v) is 5.45. The molecule has 18 heavy (non-hydrogen) atoms. The van der Waals surface area contributed by atoms with E-state index in [1.165, 1.54) is 6.92 Å². The SMILES string of the molecule is CC(O)C(NC(=O)Cc1cccc(N)c1)C(=O)O. The molecular formula is C12H16N2O4. The van der Waals surface area contributed by atoms with Crippen LogP contribution in [0.25, 0.3) is 0 Å². The lowest BCUT2D eigenvalue weighted by Gasteiger charge is -2.17. The zero-order valence-electron chi connectivity index (χ0n) is 9.96. The van der Waals surface area contributed by atoms with E-state index >= 15 is 0 Å². The van der Waals surface area contributed by atoms with E-state index in [4.69, 9.17) is 10.8 Å². The zero-order chi connectivity index (χ0) is 13.7. The van der Waals surface area contributed by atoms with Gasteiger partial charge >= 0.3 is 5.97 Å². The van der Waals surface area contributed by atoms with Crippen LogP contribution in [0.5, 0.6) is 0 Å². The van der Waals surface area contributed by atoms with Crippen LogP contribution in [-0.2, 0) is 16.0 Å². The summed E-state index contributed by atoms with van der Waals surface area (Å²) in [5.74, 6) is -1.75. The third-order valence-corrected chi connectivity index (χ3v) is 2.38. The van der Waals surface area contributed by atoms with E-state index in [-0.39, 0.29) is 6.42 Å². The number of aliphatic hydroxyl groups excluding tert-OH is 1. The molecule has 0 aromatic heterocycles. The van der Waals surface area contributed by atoms with Crippen LogP contribution in [-0.4, -0.2) is 34.2 Å². The van der Waals surface area contributed by atoms with Crippen LogP contribution in [0, 0.1) is 0 Å². The second-order valence-corrected chi connectivity index (χ2v) is 4.05. The van der Waals surface area contributed by atoms with Gasteiger partial charge in [0.15, 0.2) is 6.04 Å². The van der Waals surface area contributed by atoms with Crippen LogP contribution < -0.4 is 11.1 Å². The van der Waals surface area contributed by atoms with Crippen molar-refractivity contribution in [2.45, 2.75) is 25.5 Å². The molecule has 0 heterocycles. The number of carbonyl (C=O) groups is 2. The van der Waals surface area contributed by atoms with Gasteiger partial charge in [0.25, 0.3) is 0 Å². The fourth-order valence-corrected chi connectivity index (χ4v) is 1.50. The number of hydrogen-bond acceptors (Lipinski definition) is 4. The molecule has 0 radical (unpaired) electrons. The molecule has 0 aliphatic rings. The number of carboxylic acids is 1. The summed E-state index contributed by atoms with van der Waals surface area (Å²) in [5.41, 5.74) is 6.78. The number of anilines is 1. The molecule has 5 N–H and O–H groups in total. The molecular weight excluding hydrogens is 236 g/mol. The number of carbonyl (C=O) groups excluding carboxylic acids is 1. The smallest absolute Gasteiger partial charge is 0.328 e. The molecule has 6 heteroatoms. The maximum atomic E-state index is 11.6. The predicted molar refractivity (Wildman–Crippen MR) is 65.8 cm³/mol. The highest BCUT2D eigenvalue weighted by molar-refractivity contribution is 5.85. The molecule has 2 unspecified atom stereocenters. The fraction of sp³-hybridized carbons (Fsp3) is 0.333. The minimum atomic E-state index is -1.31. The van der Waals surface area contributed by atoms with E-state index in [0.717, 1.165) is 0 Å². The van der Waals surface area contributed by atoms with Crippen molar-refractivity contribution in [2.24, 2.45) is 0 Å². The Labute approximate surface area is 104 Å². The van der Waals surface area contributed by atoms with Crippen LogP contribution >= 0.6 is 0 Å². The number of benzene rings is 1. The summed E-state index contributed by atoms with van der Waals surface area (Å²) in [6.45, 7) is 1.31. The number of amides is 1. The van der Waals surface area contributed by atoms with Crippen LogP contribution in [0.4, 0.5) is 5.69 Å². The minimum Gasteiger partial charge on any atom is -0.480 e. The van der Waals surface area contributed by atoms with Gasteiger partial charge in [0, 0.05) is 5.69 Å². The van der Waals surface area contributed by atoms with Crippen LogP contribution in [0.1, 0.15) is 12.5 Å². The molecule has 1 aromatic rings. The molecule has 0 fully saturated rings. The molecule has 0 aliphatic carbocycles. The van der Waals surface area contributed by atoms with Gasteiger partial charge in [0.05, 0.1) is 12.5 Å². The van der Waals surface area contributed by atoms with Gasteiger partial charge in [-0.1, -0.05) is 12.1 Å². The van der Waals surface area contributed by atoms with Crippen molar-refractivity contribution in [1.82, 2.24) is 5.32 Å². The van der Waals surface area contributed by atoms with Crippen molar-refractivity contribution in [1.29, 1.82) is 0 Å². The Morgan fingerprint density at radius 2 is 2.11 bits per heavy atom. The lowest BCUT2D eigenvalue weighted by molar-refractivity contribution is -0.144. The maximum Gasteiger partial charge on any atom is 0.328 e. The Bertz CT molecular complexity index is 445. The number of nitrogens with two attached hydrogens (primary N) is 1. The Hall–Kier alpha value is -2.08. The van der Waals surface area contributed by atoms with E-state index in [0.29, 0.717) is 11.3 Å². The van der Waals surface area contributed by atoms with Gasteiger partial charge in [0.2, 0.25) is 5.91 Å². The monoisotopic (exact) mass is 252 g/mol. The van der Waals surface area contributed by atoms with Crippen LogP contribution in [0.2, 0.25) is 0 Å². The van der Waals surface area contributed by atoms with E-state index in [1.807, 2.05) is 0 Å². The van der Waals surface area contributed by atoms with Gasteiger partial charge in [-0.2, -0.15) is 0 Å². The lowest BCUT2D eigenvalue weighted by atomic mass is 10.1. The number of nitrogens with one attached hydrogen (secondary N) is 1. The molecule has 98 valence electrons. The average Bonchev–Trinajstić information content (AvgIpc) is 2.25. The molecule has 1 amide bonds. The second kappa shape index (κ2) is 6.02. The third-order valence-electron chi connectivity index (χ3n) is 2.38. The number of carboxylic acid groups (broad SMARTS) is 1. The molecule has 1 rings (SSSR count). The van der Waals surface area contributed by atoms with E-state index < -0.39 is 24.0 Å².